The van der Waals surface area contributed by atoms with Crippen LogP contribution in [0.2, 0.25) is 0 Å². The van der Waals surface area contributed by atoms with Crippen LogP contribution in [0.4, 0.5) is 8.78 Å². The van der Waals surface area contributed by atoms with Gasteiger partial charge in [-0.25, -0.2) is 23.7 Å². The van der Waals surface area contributed by atoms with E-state index in [1.165, 1.54) is 6.20 Å². The number of nitrogens with one attached hydrogen (secondary N) is 1. The molecule has 1 N–H and O–H groups in total. The molecule has 3 heterocycles. The van der Waals surface area contributed by atoms with Crippen LogP contribution in [0, 0.1) is 5.92 Å². The number of halogens is 2. The summed E-state index contributed by atoms with van der Waals surface area (Å²) in [6.45, 7) is 3.60. The van der Waals surface area contributed by atoms with E-state index in [-0.39, 0.29) is 5.69 Å². The molecule has 3 aromatic heterocycles. The minimum Gasteiger partial charge on any atom is -0.345 e. The molecule has 8 heteroatoms. The zero-order valence-electron chi connectivity index (χ0n) is 17.6. The molecule has 0 spiro atoms. The van der Waals surface area contributed by atoms with Crippen molar-refractivity contribution >= 4 is 17.1 Å². The fourth-order valence-corrected chi connectivity index (χ4v) is 3.81. The second kappa shape index (κ2) is 8.91. The van der Waals surface area contributed by atoms with Gasteiger partial charge >= 0.3 is 0 Å². The molecule has 1 aliphatic rings. The lowest BCUT2D eigenvalue weighted by Crippen LogP contribution is -2.29. The van der Waals surface area contributed by atoms with Crippen molar-refractivity contribution in [3.63, 3.8) is 0 Å². The summed E-state index contributed by atoms with van der Waals surface area (Å²) in [7, 11) is 0. The molecule has 0 aromatic carbocycles. The molecule has 6 nitrogen and oxygen atoms in total. The maximum Gasteiger partial charge on any atom is 0.270 e. The van der Waals surface area contributed by atoms with E-state index >= 15 is 0 Å². The average molecular weight is 425 g/mol. The highest BCUT2D eigenvalue weighted by Gasteiger charge is 2.19. The first kappa shape index (κ1) is 21.1. The zero-order valence-corrected chi connectivity index (χ0v) is 17.6. The average Bonchev–Trinajstić information content (AvgIpc) is 3.04. The van der Waals surface area contributed by atoms with Crippen molar-refractivity contribution in [1.29, 1.82) is 0 Å². The molecule has 0 bridgehead atoms. The van der Waals surface area contributed by atoms with Gasteiger partial charge in [0.25, 0.3) is 12.3 Å². The Morgan fingerprint density at radius 3 is 2.84 bits per heavy atom. The Morgan fingerprint density at radius 1 is 1.23 bits per heavy atom. The number of carbonyl (C=O) groups excluding carboxylic acids is 1. The Morgan fingerprint density at radius 2 is 2.06 bits per heavy atom. The number of aromatic nitrogens is 4. The van der Waals surface area contributed by atoms with E-state index in [0.717, 1.165) is 53.9 Å². The number of fused-ring (bicyclic) bond motifs is 2. The molecule has 162 valence electrons. The zero-order chi connectivity index (χ0) is 22.0. The summed E-state index contributed by atoms with van der Waals surface area (Å²) in [5, 5.41) is 2.24. The van der Waals surface area contributed by atoms with Crippen LogP contribution in [-0.2, 0) is 12.8 Å². The lowest BCUT2D eigenvalue weighted by molar-refractivity contribution is 0.0886. The number of pyridine rings is 1. The van der Waals surface area contributed by atoms with E-state index in [1.807, 2.05) is 24.5 Å². The third kappa shape index (κ3) is 4.62. The van der Waals surface area contributed by atoms with Gasteiger partial charge in [-0.05, 0) is 48.4 Å². The number of alkyl halides is 2. The van der Waals surface area contributed by atoms with Gasteiger partial charge in [0.1, 0.15) is 17.2 Å². The second-order valence-electron chi connectivity index (χ2n) is 8.15. The van der Waals surface area contributed by atoms with Gasteiger partial charge in [-0.2, -0.15) is 0 Å². The van der Waals surface area contributed by atoms with Crippen molar-refractivity contribution in [3.8, 4) is 0 Å². The Kier molecular flexibility index (Phi) is 6.06. The number of amides is 1. The van der Waals surface area contributed by atoms with E-state index in [2.05, 4.69) is 35.2 Å². The standard InChI is InChI=1S/C23H25F2N5O/c1-14(2)9-21-26-10-17-16(5-3-4-6-18(17)29-21)15-7-8-22-27-11-19(30(22)13-15)23(31)28-12-20(24)25/h5,7-8,10-11,13-14,20H,3-4,6,9,12H2,1-2H3,(H,28,31). The number of nitrogens with zero attached hydrogens (tertiary/aromatic N) is 4. The largest absolute Gasteiger partial charge is 0.345 e. The highest BCUT2D eigenvalue weighted by molar-refractivity contribution is 5.93. The van der Waals surface area contributed by atoms with Gasteiger partial charge in [0.2, 0.25) is 0 Å². The van der Waals surface area contributed by atoms with Crippen LogP contribution in [-0.4, -0.2) is 38.2 Å². The maximum atomic E-state index is 12.5. The van der Waals surface area contributed by atoms with Gasteiger partial charge in [0.05, 0.1) is 18.4 Å². The third-order valence-corrected chi connectivity index (χ3v) is 5.23. The molecular weight excluding hydrogens is 400 g/mol. The molecule has 1 aliphatic carbocycles. The monoisotopic (exact) mass is 425 g/mol. The van der Waals surface area contributed by atoms with Gasteiger partial charge < -0.3 is 5.32 Å². The minimum absolute atomic E-state index is 0.218. The highest BCUT2D eigenvalue weighted by atomic mass is 19.3. The summed E-state index contributed by atoms with van der Waals surface area (Å²) in [6.07, 6.45) is 8.32. The number of aryl methyl sites for hydroxylation is 1. The predicted octanol–water partition coefficient (Wildman–Crippen LogP) is 4.09. The van der Waals surface area contributed by atoms with Gasteiger partial charge in [-0.3, -0.25) is 9.20 Å². The minimum atomic E-state index is -2.60. The summed E-state index contributed by atoms with van der Waals surface area (Å²) in [5.41, 5.74) is 4.73. The molecule has 0 saturated carbocycles. The Balaban J connectivity index is 1.71. The first-order valence-corrected chi connectivity index (χ1v) is 10.5. The topological polar surface area (TPSA) is 72.2 Å². The summed E-state index contributed by atoms with van der Waals surface area (Å²) in [4.78, 5) is 26.0. The fraction of sp³-hybridized carbons (Fsp3) is 0.391. The predicted molar refractivity (Wildman–Crippen MR) is 114 cm³/mol. The van der Waals surface area contributed by atoms with Crippen LogP contribution in [0.25, 0.3) is 11.2 Å². The van der Waals surface area contributed by atoms with Crippen molar-refractivity contribution < 1.29 is 13.6 Å². The molecule has 0 unspecified atom stereocenters. The fourth-order valence-electron chi connectivity index (χ4n) is 3.81. The Labute approximate surface area is 179 Å². The number of hydrogen-bond acceptors (Lipinski definition) is 4. The summed E-state index contributed by atoms with van der Waals surface area (Å²) in [6, 6.07) is 3.77. The van der Waals surface area contributed by atoms with Gasteiger partial charge in [-0.15, -0.1) is 0 Å². The van der Waals surface area contributed by atoms with E-state index in [0.29, 0.717) is 11.6 Å². The molecule has 0 fully saturated rings. The molecule has 0 saturated heterocycles. The molecule has 4 rings (SSSR count). The molecule has 0 atom stereocenters. The van der Waals surface area contributed by atoms with Crippen molar-refractivity contribution in [2.24, 2.45) is 5.92 Å². The Bertz CT molecular complexity index is 1140. The molecular formula is C23H25F2N5O. The van der Waals surface area contributed by atoms with Gasteiger partial charge in [0.15, 0.2) is 0 Å². The summed E-state index contributed by atoms with van der Waals surface area (Å²) >= 11 is 0. The lowest BCUT2D eigenvalue weighted by atomic mass is 9.99. The SMILES string of the molecule is CC(C)Cc1ncc2c(n1)CCCC=C2c1ccc2ncc(C(=O)NCC(F)F)n2c1. The molecule has 0 aliphatic heterocycles. The van der Waals surface area contributed by atoms with Crippen LogP contribution < -0.4 is 5.32 Å². The quantitative estimate of drug-likeness (QED) is 0.646. The highest BCUT2D eigenvalue weighted by Crippen LogP contribution is 2.30. The first-order valence-electron chi connectivity index (χ1n) is 10.5. The molecule has 31 heavy (non-hydrogen) atoms. The van der Waals surface area contributed by atoms with Crippen LogP contribution in [0.3, 0.4) is 0 Å². The van der Waals surface area contributed by atoms with Crippen molar-refractivity contribution in [1.82, 2.24) is 24.7 Å². The summed E-state index contributed by atoms with van der Waals surface area (Å²) < 4.78 is 26.6. The van der Waals surface area contributed by atoms with Crippen molar-refractivity contribution in [2.45, 2.75) is 46.0 Å². The van der Waals surface area contributed by atoms with Crippen molar-refractivity contribution in [2.75, 3.05) is 6.54 Å². The number of carbonyl (C=O) groups is 1. The second-order valence-corrected chi connectivity index (χ2v) is 8.15. The normalized spacial score (nSPS) is 13.9. The van der Waals surface area contributed by atoms with Crippen LogP contribution in [0.15, 0.2) is 36.8 Å². The van der Waals surface area contributed by atoms with E-state index in [9.17, 15) is 13.6 Å². The number of imidazole rings is 1. The first-order chi connectivity index (χ1) is 14.9. The van der Waals surface area contributed by atoms with Crippen LogP contribution in [0.1, 0.15) is 59.8 Å². The van der Waals surface area contributed by atoms with Crippen LogP contribution in [0.5, 0.6) is 0 Å². The lowest BCUT2D eigenvalue weighted by Gasteiger charge is -2.13. The van der Waals surface area contributed by atoms with E-state index < -0.39 is 18.9 Å². The third-order valence-electron chi connectivity index (χ3n) is 5.23. The van der Waals surface area contributed by atoms with Gasteiger partial charge in [-0.1, -0.05) is 19.9 Å². The molecule has 3 aromatic rings. The van der Waals surface area contributed by atoms with E-state index in [1.54, 1.807) is 4.40 Å². The molecule has 0 radical (unpaired) electrons. The summed E-state index contributed by atoms with van der Waals surface area (Å²) in [5.74, 6) is 0.761. The van der Waals surface area contributed by atoms with Crippen molar-refractivity contribution in [3.05, 3.63) is 65.1 Å². The number of hydrogen-bond donors (Lipinski definition) is 1. The molecule has 1 amide bonds. The number of allylic oxidation sites excluding steroid dienone is 1. The van der Waals surface area contributed by atoms with Gasteiger partial charge in [0, 0.05) is 24.4 Å². The maximum absolute atomic E-state index is 12.5. The van der Waals surface area contributed by atoms with Crippen LogP contribution >= 0.6 is 0 Å². The van der Waals surface area contributed by atoms with E-state index in [4.69, 9.17) is 4.98 Å². The number of rotatable bonds is 6. The Hall–Kier alpha value is -3.16. The smallest absolute Gasteiger partial charge is 0.270 e.